The number of thiophene rings is 1. The predicted molar refractivity (Wildman–Crippen MR) is 101 cm³/mol. The van der Waals surface area contributed by atoms with Gasteiger partial charge in [0.1, 0.15) is 5.82 Å². The minimum Gasteiger partial charge on any atom is -0.303 e. The van der Waals surface area contributed by atoms with E-state index in [1.54, 1.807) is 0 Å². The zero-order chi connectivity index (χ0) is 20.3. The Morgan fingerprint density at radius 2 is 1.64 bits per heavy atom. The number of halogens is 3. The summed E-state index contributed by atoms with van der Waals surface area (Å²) < 4.78 is 61.6. The average molecular weight is 425 g/mol. The highest BCUT2D eigenvalue weighted by molar-refractivity contribution is 7.91. The molecule has 0 aliphatic rings. The summed E-state index contributed by atoms with van der Waals surface area (Å²) in [4.78, 5) is 14.7. The lowest BCUT2D eigenvalue weighted by atomic mass is 10.1. The van der Waals surface area contributed by atoms with Gasteiger partial charge in [-0.2, -0.15) is 8.78 Å². The van der Waals surface area contributed by atoms with Gasteiger partial charge in [-0.25, -0.2) is 12.8 Å². The lowest BCUT2D eigenvalue weighted by Gasteiger charge is -2.22. The van der Waals surface area contributed by atoms with Gasteiger partial charge in [0.05, 0.1) is 11.4 Å². The molecule has 0 unspecified atom stereocenters. The lowest BCUT2D eigenvalue weighted by molar-refractivity contribution is 0.0985. The van der Waals surface area contributed by atoms with Crippen molar-refractivity contribution in [1.29, 1.82) is 0 Å². The molecule has 3 rings (SSSR count). The third-order valence-corrected chi connectivity index (χ3v) is 6.20. The summed E-state index contributed by atoms with van der Waals surface area (Å²) in [6, 6.07) is 13.3. The molecule has 0 saturated carbocycles. The molecule has 0 N–H and O–H groups in total. The Balaban J connectivity index is 1.93. The van der Waals surface area contributed by atoms with E-state index in [0.29, 0.717) is 5.69 Å². The van der Waals surface area contributed by atoms with Crippen molar-refractivity contribution in [3.63, 3.8) is 0 Å². The Labute approximate surface area is 163 Å². The number of sulfone groups is 1. The van der Waals surface area contributed by atoms with E-state index in [1.807, 2.05) is 17.5 Å². The first-order chi connectivity index (χ1) is 13.3. The third-order valence-electron chi connectivity index (χ3n) is 3.94. The fraction of sp³-hybridized carbons (Fsp3) is 0.105. The molecule has 0 aliphatic carbocycles. The van der Waals surface area contributed by atoms with Crippen LogP contribution in [-0.2, 0) is 16.4 Å². The number of carbonyl (C=O) groups is 1. The maximum Gasteiger partial charge on any atom is 0.341 e. The number of hydrogen-bond acceptors (Lipinski definition) is 4. The van der Waals surface area contributed by atoms with Crippen LogP contribution in [0.25, 0.3) is 0 Å². The van der Waals surface area contributed by atoms with Gasteiger partial charge < -0.3 is 4.90 Å². The molecule has 0 radical (unpaired) electrons. The molecule has 0 spiro atoms. The number of nitrogens with zero attached hydrogens (tertiary/aromatic N) is 1. The van der Waals surface area contributed by atoms with Crippen LogP contribution in [0, 0.1) is 5.82 Å². The van der Waals surface area contributed by atoms with Crippen LogP contribution in [0.1, 0.15) is 15.2 Å². The second kappa shape index (κ2) is 8.15. The summed E-state index contributed by atoms with van der Waals surface area (Å²) in [5, 5.41) is 1.85. The van der Waals surface area contributed by atoms with Gasteiger partial charge in [0.2, 0.25) is 9.84 Å². The molecule has 9 heteroatoms. The molecule has 0 saturated heterocycles. The Bertz CT molecular complexity index is 1050. The Kier molecular flexibility index (Phi) is 5.85. The molecule has 1 aromatic heterocycles. The van der Waals surface area contributed by atoms with E-state index in [2.05, 4.69) is 0 Å². The second-order valence-electron chi connectivity index (χ2n) is 5.78. The molecular weight excluding hydrogens is 411 g/mol. The molecule has 146 valence electrons. The van der Waals surface area contributed by atoms with Crippen molar-refractivity contribution < 1.29 is 26.4 Å². The van der Waals surface area contributed by atoms with Crippen molar-refractivity contribution in [3.05, 3.63) is 82.3 Å². The Hall–Kier alpha value is -2.65. The Morgan fingerprint density at radius 1 is 1.00 bits per heavy atom. The first-order valence-electron chi connectivity index (χ1n) is 8.01. The zero-order valence-corrected chi connectivity index (χ0v) is 15.9. The standard InChI is InChI=1S/C19H14F3NO3S2/c20-14-5-7-15(8-6-14)23(12-16-2-1-11-27-16)18(24)13-3-9-17(10-4-13)28(25,26)19(21)22/h1-11,19H,12H2. The largest absolute Gasteiger partial charge is 0.341 e. The van der Waals surface area contributed by atoms with E-state index >= 15 is 0 Å². The predicted octanol–water partition coefficient (Wildman–Crippen LogP) is 4.73. The van der Waals surface area contributed by atoms with E-state index in [4.69, 9.17) is 0 Å². The summed E-state index contributed by atoms with van der Waals surface area (Å²) in [6.07, 6.45) is 0. The monoisotopic (exact) mass is 425 g/mol. The number of carbonyl (C=O) groups excluding carboxylic acids is 1. The molecule has 2 aromatic carbocycles. The fourth-order valence-corrected chi connectivity index (χ4v) is 3.92. The highest BCUT2D eigenvalue weighted by atomic mass is 32.2. The number of amides is 1. The molecule has 0 bridgehead atoms. The first-order valence-corrected chi connectivity index (χ1v) is 10.4. The zero-order valence-electron chi connectivity index (χ0n) is 14.3. The number of rotatable bonds is 6. The molecular formula is C19H14F3NO3S2. The molecule has 0 fully saturated rings. The minimum atomic E-state index is -4.74. The molecule has 0 atom stereocenters. The summed E-state index contributed by atoms with van der Waals surface area (Å²) in [6.45, 7) is 0.221. The normalized spacial score (nSPS) is 11.6. The van der Waals surface area contributed by atoms with Crippen molar-refractivity contribution >= 4 is 32.8 Å². The summed E-state index contributed by atoms with van der Waals surface area (Å²) in [5.74, 6) is -4.46. The minimum absolute atomic E-state index is 0.120. The van der Waals surface area contributed by atoms with Gasteiger partial charge >= 0.3 is 5.76 Å². The lowest BCUT2D eigenvalue weighted by Crippen LogP contribution is -2.30. The molecule has 1 amide bonds. The molecule has 4 nitrogen and oxygen atoms in total. The van der Waals surface area contributed by atoms with Crippen molar-refractivity contribution in [2.75, 3.05) is 4.90 Å². The van der Waals surface area contributed by atoms with Gasteiger partial charge in [0, 0.05) is 16.1 Å². The maximum atomic E-state index is 13.3. The molecule has 28 heavy (non-hydrogen) atoms. The number of hydrogen-bond donors (Lipinski definition) is 0. The highest BCUT2D eigenvalue weighted by Crippen LogP contribution is 2.24. The van der Waals surface area contributed by atoms with Crippen LogP contribution in [0.3, 0.4) is 0 Å². The number of benzene rings is 2. The smallest absolute Gasteiger partial charge is 0.303 e. The summed E-state index contributed by atoms with van der Waals surface area (Å²) in [5.41, 5.74) is 0.568. The van der Waals surface area contributed by atoms with Gasteiger partial charge in [-0.15, -0.1) is 11.3 Å². The van der Waals surface area contributed by atoms with Crippen molar-refractivity contribution in [2.45, 2.75) is 17.2 Å². The molecule has 3 aromatic rings. The van der Waals surface area contributed by atoms with Gasteiger partial charge in [0.15, 0.2) is 0 Å². The first kappa shape index (κ1) is 20.1. The topological polar surface area (TPSA) is 54.5 Å². The summed E-state index contributed by atoms with van der Waals surface area (Å²) in [7, 11) is -4.74. The van der Waals surface area contributed by atoms with Gasteiger partial charge in [-0.1, -0.05) is 6.07 Å². The quantitative estimate of drug-likeness (QED) is 0.574. The molecule has 1 heterocycles. The fourth-order valence-electron chi connectivity index (χ4n) is 2.51. The van der Waals surface area contributed by atoms with Crippen molar-refractivity contribution in [3.8, 4) is 0 Å². The Morgan fingerprint density at radius 3 is 2.18 bits per heavy atom. The number of anilines is 1. The van der Waals surface area contributed by atoms with Crippen LogP contribution in [0.15, 0.2) is 70.9 Å². The van der Waals surface area contributed by atoms with Crippen molar-refractivity contribution in [2.24, 2.45) is 0 Å². The van der Waals surface area contributed by atoms with E-state index in [0.717, 1.165) is 17.0 Å². The van der Waals surface area contributed by atoms with E-state index in [9.17, 15) is 26.4 Å². The summed E-state index contributed by atoms with van der Waals surface area (Å²) >= 11 is 1.44. The van der Waals surface area contributed by atoms with Crippen LogP contribution in [0.5, 0.6) is 0 Å². The van der Waals surface area contributed by atoms with Crippen LogP contribution in [0.2, 0.25) is 0 Å². The van der Waals surface area contributed by atoms with Crippen LogP contribution < -0.4 is 4.90 Å². The van der Waals surface area contributed by atoms with E-state index < -0.39 is 32.2 Å². The highest BCUT2D eigenvalue weighted by Gasteiger charge is 2.27. The van der Waals surface area contributed by atoms with Gasteiger partial charge in [-0.05, 0) is 60.0 Å². The van der Waals surface area contributed by atoms with Gasteiger partial charge in [-0.3, -0.25) is 4.79 Å². The van der Waals surface area contributed by atoms with Crippen molar-refractivity contribution in [1.82, 2.24) is 0 Å². The molecule has 0 aliphatic heterocycles. The SMILES string of the molecule is O=C(c1ccc(S(=O)(=O)C(F)F)cc1)N(Cc1cccs1)c1ccc(F)cc1. The van der Waals surface area contributed by atoms with Gasteiger partial charge in [0.25, 0.3) is 5.91 Å². The van der Waals surface area contributed by atoms with E-state index in [-0.39, 0.29) is 12.1 Å². The maximum absolute atomic E-state index is 13.3. The van der Waals surface area contributed by atoms with E-state index in [1.165, 1.54) is 52.6 Å². The van der Waals surface area contributed by atoms with Crippen LogP contribution in [-0.4, -0.2) is 20.1 Å². The van der Waals surface area contributed by atoms with Crippen LogP contribution >= 0.6 is 11.3 Å². The third kappa shape index (κ3) is 4.26. The van der Waals surface area contributed by atoms with Crippen LogP contribution in [0.4, 0.5) is 18.9 Å². The average Bonchev–Trinajstić information content (AvgIpc) is 3.20. The second-order valence-corrected chi connectivity index (χ2v) is 8.73. The number of alkyl halides is 2.